The Labute approximate surface area is 171 Å². The van der Waals surface area contributed by atoms with E-state index in [0.717, 1.165) is 49.8 Å². The SMILES string of the molecule is COc1ccc(OC)c(CN2CCN(CC(O)COc3ccc(F)cc3)CC2)c1. The van der Waals surface area contributed by atoms with Gasteiger partial charge in [-0.3, -0.25) is 9.80 Å². The summed E-state index contributed by atoms with van der Waals surface area (Å²) in [4.78, 5) is 4.60. The summed E-state index contributed by atoms with van der Waals surface area (Å²) in [5.41, 5.74) is 1.10. The van der Waals surface area contributed by atoms with E-state index in [1.165, 1.54) is 12.1 Å². The van der Waals surface area contributed by atoms with Crippen LogP contribution in [0.25, 0.3) is 0 Å². The van der Waals surface area contributed by atoms with E-state index in [2.05, 4.69) is 9.80 Å². The monoisotopic (exact) mass is 404 g/mol. The zero-order chi connectivity index (χ0) is 20.6. The molecule has 7 heteroatoms. The van der Waals surface area contributed by atoms with E-state index in [0.29, 0.717) is 12.3 Å². The lowest BCUT2D eigenvalue weighted by molar-refractivity contribution is 0.0445. The van der Waals surface area contributed by atoms with Gasteiger partial charge in [-0.05, 0) is 42.5 Å². The van der Waals surface area contributed by atoms with Crippen LogP contribution in [0.5, 0.6) is 17.2 Å². The molecule has 0 bridgehead atoms. The van der Waals surface area contributed by atoms with Gasteiger partial charge in [0.25, 0.3) is 0 Å². The molecule has 1 heterocycles. The standard InChI is InChI=1S/C22H29FN2O4/c1-27-21-7-8-22(28-2)17(13-21)14-24-9-11-25(12-10-24)15-19(26)16-29-20-5-3-18(23)4-6-20/h3-8,13,19,26H,9-12,14-16H2,1-2H3. The summed E-state index contributed by atoms with van der Waals surface area (Å²) in [6.07, 6.45) is -0.593. The van der Waals surface area contributed by atoms with Crippen molar-refractivity contribution in [2.45, 2.75) is 12.6 Å². The van der Waals surface area contributed by atoms with Crippen molar-refractivity contribution < 1.29 is 23.7 Å². The van der Waals surface area contributed by atoms with Crippen LogP contribution in [0.2, 0.25) is 0 Å². The Morgan fingerprint density at radius 3 is 2.24 bits per heavy atom. The Balaban J connectivity index is 1.42. The average molecular weight is 404 g/mol. The van der Waals surface area contributed by atoms with Crippen LogP contribution < -0.4 is 14.2 Å². The third kappa shape index (κ3) is 6.32. The topological polar surface area (TPSA) is 54.4 Å². The lowest BCUT2D eigenvalue weighted by atomic mass is 10.1. The van der Waals surface area contributed by atoms with Gasteiger partial charge in [0.05, 0.1) is 14.2 Å². The fourth-order valence-electron chi connectivity index (χ4n) is 3.45. The molecule has 158 valence electrons. The lowest BCUT2D eigenvalue weighted by Crippen LogP contribution is -2.48. The van der Waals surface area contributed by atoms with Crippen LogP contribution in [0, 0.1) is 5.82 Å². The third-order valence-corrected chi connectivity index (χ3v) is 5.07. The Bertz CT molecular complexity index is 764. The fraction of sp³-hybridized carbons (Fsp3) is 0.455. The van der Waals surface area contributed by atoms with Gasteiger partial charge in [0.1, 0.15) is 35.8 Å². The second-order valence-electron chi connectivity index (χ2n) is 7.17. The molecule has 2 aromatic carbocycles. The van der Waals surface area contributed by atoms with Gasteiger partial charge >= 0.3 is 0 Å². The van der Waals surface area contributed by atoms with Crippen LogP contribution in [-0.2, 0) is 6.54 Å². The van der Waals surface area contributed by atoms with Crippen molar-refractivity contribution in [2.24, 2.45) is 0 Å². The molecule has 0 spiro atoms. The second-order valence-corrected chi connectivity index (χ2v) is 7.17. The number of aliphatic hydroxyl groups is 1. The first-order chi connectivity index (χ1) is 14.1. The molecule has 1 N–H and O–H groups in total. The van der Waals surface area contributed by atoms with Gasteiger partial charge in [-0.15, -0.1) is 0 Å². The lowest BCUT2D eigenvalue weighted by Gasteiger charge is -2.35. The average Bonchev–Trinajstić information content (AvgIpc) is 2.74. The molecule has 1 saturated heterocycles. The van der Waals surface area contributed by atoms with E-state index in [4.69, 9.17) is 14.2 Å². The minimum absolute atomic E-state index is 0.187. The zero-order valence-corrected chi connectivity index (χ0v) is 17.0. The number of hydrogen-bond donors (Lipinski definition) is 1. The van der Waals surface area contributed by atoms with Crippen molar-refractivity contribution in [3.8, 4) is 17.2 Å². The van der Waals surface area contributed by atoms with Gasteiger partial charge in [0.15, 0.2) is 0 Å². The Kier molecular flexibility index (Phi) is 7.69. The number of piperazine rings is 1. The predicted octanol–water partition coefficient (Wildman–Crippen LogP) is 2.40. The Morgan fingerprint density at radius 2 is 1.59 bits per heavy atom. The molecule has 0 aliphatic carbocycles. The van der Waals surface area contributed by atoms with Crippen molar-refractivity contribution in [2.75, 3.05) is 53.6 Å². The minimum Gasteiger partial charge on any atom is -0.497 e. The van der Waals surface area contributed by atoms with E-state index >= 15 is 0 Å². The predicted molar refractivity (Wildman–Crippen MR) is 109 cm³/mol. The maximum atomic E-state index is 12.9. The minimum atomic E-state index is -0.593. The Morgan fingerprint density at radius 1 is 0.931 bits per heavy atom. The second kappa shape index (κ2) is 10.4. The number of rotatable bonds is 9. The molecule has 1 unspecified atom stereocenters. The number of nitrogens with zero attached hydrogens (tertiary/aromatic N) is 2. The highest BCUT2D eigenvalue weighted by Crippen LogP contribution is 2.25. The third-order valence-electron chi connectivity index (χ3n) is 5.07. The summed E-state index contributed by atoms with van der Waals surface area (Å²) >= 11 is 0. The van der Waals surface area contributed by atoms with Crippen LogP contribution >= 0.6 is 0 Å². The van der Waals surface area contributed by atoms with Crippen molar-refractivity contribution >= 4 is 0 Å². The van der Waals surface area contributed by atoms with Crippen molar-refractivity contribution in [1.29, 1.82) is 0 Å². The number of benzene rings is 2. The van der Waals surface area contributed by atoms with E-state index in [1.54, 1.807) is 26.4 Å². The number of hydrogen-bond acceptors (Lipinski definition) is 6. The summed E-state index contributed by atoms with van der Waals surface area (Å²) in [6.45, 7) is 5.10. The number of ether oxygens (including phenoxy) is 3. The first-order valence-electron chi connectivity index (χ1n) is 9.79. The number of β-amino-alcohol motifs (C(OH)–C–C–N with tert-alkyl or cyclic N) is 1. The molecule has 1 fully saturated rings. The highest BCUT2D eigenvalue weighted by Gasteiger charge is 2.20. The fourth-order valence-corrected chi connectivity index (χ4v) is 3.45. The summed E-state index contributed by atoms with van der Waals surface area (Å²) < 4.78 is 29.2. The van der Waals surface area contributed by atoms with Crippen LogP contribution in [0.15, 0.2) is 42.5 Å². The quantitative estimate of drug-likeness (QED) is 0.693. The van der Waals surface area contributed by atoms with Gasteiger partial charge in [0, 0.05) is 44.8 Å². The van der Waals surface area contributed by atoms with E-state index in [1.807, 2.05) is 18.2 Å². The maximum Gasteiger partial charge on any atom is 0.123 e. The molecule has 0 amide bonds. The van der Waals surface area contributed by atoms with Crippen LogP contribution in [0.1, 0.15) is 5.56 Å². The van der Waals surface area contributed by atoms with Gasteiger partial charge in [-0.25, -0.2) is 4.39 Å². The summed E-state index contributed by atoms with van der Waals surface area (Å²) in [7, 11) is 3.34. The Hall–Kier alpha value is -2.35. The number of aliphatic hydroxyl groups excluding tert-OH is 1. The summed E-state index contributed by atoms with van der Waals surface area (Å²) in [5, 5.41) is 10.3. The van der Waals surface area contributed by atoms with Gasteiger partial charge in [-0.1, -0.05) is 0 Å². The number of halogens is 1. The summed E-state index contributed by atoms with van der Waals surface area (Å²) in [5.74, 6) is 1.94. The van der Waals surface area contributed by atoms with Crippen LogP contribution in [0.4, 0.5) is 4.39 Å². The molecule has 3 rings (SSSR count). The molecule has 29 heavy (non-hydrogen) atoms. The van der Waals surface area contributed by atoms with Gasteiger partial charge in [0.2, 0.25) is 0 Å². The largest absolute Gasteiger partial charge is 0.497 e. The maximum absolute atomic E-state index is 12.9. The highest BCUT2D eigenvalue weighted by molar-refractivity contribution is 5.40. The first-order valence-corrected chi connectivity index (χ1v) is 9.79. The molecule has 2 aromatic rings. The van der Waals surface area contributed by atoms with Crippen LogP contribution in [0.3, 0.4) is 0 Å². The molecule has 6 nitrogen and oxygen atoms in total. The van der Waals surface area contributed by atoms with Crippen molar-refractivity contribution in [3.05, 3.63) is 53.8 Å². The normalized spacial score (nSPS) is 16.4. The molecule has 0 saturated carbocycles. The van der Waals surface area contributed by atoms with Crippen LogP contribution in [-0.4, -0.2) is 74.6 Å². The van der Waals surface area contributed by atoms with Crippen molar-refractivity contribution in [3.63, 3.8) is 0 Å². The number of methoxy groups -OCH3 is 2. The van der Waals surface area contributed by atoms with Crippen molar-refractivity contribution in [1.82, 2.24) is 9.80 Å². The summed E-state index contributed by atoms with van der Waals surface area (Å²) in [6, 6.07) is 11.7. The molecular formula is C22H29FN2O4. The van der Waals surface area contributed by atoms with Gasteiger partial charge < -0.3 is 19.3 Å². The van der Waals surface area contributed by atoms with Gasteiger partial charge in [-0.2, -0.15) is 0 Å². The molecule has 0 radical (unpaired) electrons. The zero-order valence-electron chi connectivity index (χ0n) is 17.0. The first kappa shape index (κ1) is 21.4. The van der Waals surface area contributed by atoms with E-state index in [-0.39, 0.29) is 12.4 Å². The molecular weight excluding hydrogens is 375 g/mol. The molecule has 1 aliphatic heterocycles. The van der Waals surface area contributed by atoms with E-state index < -0.39 is 6.10 Å². The highest BCUT2D eigenvalue weighted by atomic mass is 19.1. The molecule has 1 aliphatic rings. The molecule has 0 aromatic heterocycles. The van der Waals surface area contributed by atoms with E-state index in [9.17, 15) is 9.50 Å². The molecule has 1 atom stereocenters. The smallest absolute Gasteiger partial charge is 0.123 e.